The molecule has 0 saturated carbocycles. The van der Waals surface area contributed by atoms with Crippen LogP contribution in [0.15, 0.2) is 35.1 Å². The Kier molecular flexibility index (Phi) is 4.30. The molecule has 1 aliphatic heterocycles. The molecule has 0 aliphatic carbocycles. The van der Waals surface area contributed by atoms with Crippen molar-refractivity contribution >= 4 is 32.5 Å². The highest BCUT2D eigenvalue weighted by atomic mass is 32.2. The van der Waals surface area contributed by atoms with E-state index in [1.54, 1.807) is 23.2 Å². The molecular formula is C19H21N3O4S. The van der Waals surface area contributed by atoms with Gasteiger partial charge in [0, 0.05) is 17.0 Å². The second kappa shape index (κ2) is 6.53. The smallest absolute Gasteiger partial charge is 0.230 e. The van der Waals surface area contributed by atoms with E-state index in [4.69, 9.17) is 4.42 Å². The van der Waals surface area contributed by atoms with Gasteiger partial charge in [-0.05, 0) is 43.5 Å². The standard InChI is InChI=1S/C19H21N3O4S/c1-12-7-16-14(10-26-17(16)8-13(12)2)9-19(23)21-18-3-5-20-22(18)15-4-6-27(24,25)11-15/h3,5,7-8,10,15H,4,6,9,11H2,1-2H3,(H,21,23). The highest BCUT2D eigenvalue weighted by Gasteiger charge is 2.31. The van der Waals surface area contributed by atoms with E-state index in [0.717, 1.165) is 27.7 Å². The minimum Gasteiger partial charge on any atom is -0.464 e. The van der Waals surface area contributed by atoms with Crippen molar-refractivity contribution in [2.45, 2.75) is 32.7 Å². The number of nitrogens with one attached hydrogen (secondary N) is 1. The second-order valence-electron chi connectivity index (χ2n) is 7.14. The summed E-state index contributed by atoms with van der Waals surface area (Å²) in [7, 11) is -3.03. The Morgan fingerprint density at radius 1 is 1.33 bits per heavy atom. The molecule has 1 aliphatic rings. The first-order valence-electron chi connectivity index (χ1n) is 8.83. The first kappa shape index (κ1) is 17.8. The predicted octanol–water partition coefficient (Wildman–Crippen LogP) is 2.79. The summed E-state index contributed by atoms with van der Waals surface area (Å²) < 4.78 is 30.6. The van der Waals surface area contributed by atoms with Crippen LogP contribution >= 0.6 is 0 Å². The third-order valence-corrected chi connectivity index (χ3v) is 6.86. The van der Waals surface area contributed by atoms with Crippen molar-refractivity contribution in [1.29, 1.82) is 0 Å². The lowest BCUT2D eigenvalue weighted by Crippen LogP contribution is -2.20. The molecule has 142 valence electrons. The van der Waals surface area contributed by atoms with Crippen molar-refractivity contribution < 1.29 is 17.6 Å². The summed E-state index contributed by atoms with van der Waals surface area (Å²) in [5.41, 5.74) is 3.87. The molecular weight excluding hydrogens is 366 g/mol. The Morgan fingerprint density at radius 3 is 2.85 bits per heavy atom. The average Bonchev–Trinajstić information content (AvgIpc) is 3.28. The molecule has 3 aromatic rings. The lowest BCUT2D eigenvalue weighted by Gasteiger charge is -2.13. The van der Waals surface area contributed by atoms with E-state index in [0.29, 0.717) is 12.2 Å². The van der Waals surface area contributed by atoms with Crippen LogP contribution in [-0.2, 0) is 21.1 Å². The molecule has 3 heterocycles. The number of benzene rings is 1. The SMILES string of the molecule is Cc1cc2occ(CC(=O)Nc3ccnn3C3CCS(=O)(=O)C3)c2cc1C. The van der Waals surface area contributed by atoms with Crippen molar-refractivity contribution in [3.05, 3.63) is 47.3 Å². The van der Waals surface area contributed by atoms with Gasteiger partial charge in [0.25, 0.3) is 0 Å². The minimum absolute atomic E-state index is 0.0581. The molecule has 0 bridgehead atoms. The van der Waals surface area contributed by atoms with Gasteiger partial charge in [0.05, 0.1) is 36.4 Å². The number of aromatic nitrogens is 2. The molecule has 1 saturated heterocycles. The first-order valence-corrected chi connectivity index (χ1v) is 10.7. The van der Waals surface area contributed by atoms with Crippen molar-refractivity contribution in [3.63, 3.8) is 0 Å². The van der Waals surface area contributed by atoms with E-state index in [1.165, 1.54) is 0 Å². The number of hydrogen-bond donors (Lipinski definition) is 1. The molecule has 1 unspecified atom stereocenters. The fourth-order valence-electron chi connectivity index (χ4n) is 3.51. The summed E-state index contributed by atoms with van der Waals surface area (Å²) in [6.45, 7) is 4.05. The molecule has 1 amide bonds. The topological polar surface area (TPSA) is 94.2 Å². The van der Waals surface area contributed by atoms with Gasteiger partial charge in [-0.25, -0.2) is 13.1 Å². The van der Waals surface area contributed by atoms with E-state index < -0.39 is 9.84 Å². The number of aryl methyl sites for hydroxylation is 2. The van der Waals surface area contributed by atoms with Crippen molar-refractivity contribution in [2.24, 2.45) is 0 Å². The maximum Gasteiger partial charge on any atom is 0.230 e. The Morgan fingerprint density at radius 2 is 2.11 bits per heavy atom. The zero-order valence-electron chi connectivity index (χ0n) is 15.2. The number of carbonyl (C=O) groups excluding carboxylic acids is 1. The van der Waals surface area contributed by atoms with Gasteiger partial charge in [-0.3, -0.25) is 4.79 Å². The van der Waals surface area contributed by atoms with E-state index in [1.807, 2.05) is 26.0 Å². The van der Waals surface area contributed by atoms with E-state index in [2.05, 4.69) is 10.4 Å². The molecule has 1 aromatic carbocycles. The Bertz CT molecular complexity index is 1130. The number of furan rings is 1. The van der Waals surface area contributed by atoms with Crippen LogP contribution in [0.5, 0.6) is 0 Å². The quantitative estimate of drug-likeness (QED) is 0.743. The number of hydrogen-bond acceptors (Lipinski definition) is 5. The third-order valence-electron chi connectivity index (χ3n) is 5.11. The zero-order chi connectivity index (χ0) is 19.2. The van der Waals surface area contributed by atoms with Crippen LogP contribution in [0.2, 0.25) is 0 Å². The van der Waals surface area contributed by atoms with E-state index in [-0.39, 0.29) is 29.9 Å². The number of amides is 1. The molecule has 1 fully saturated rings. The van der Waals surface area contributed by atoms with Gasteiger partial charge >= 0.3 is 0 Å². The van der Waals surface area contributed by atoms with Crippen LogP contribution in [0.25, 0.3) is 11.0 Å². The number of rotatable bonds is 4. The van der Waals surface area contributed by atoms with Crippen LogP contribution in [0.1, 0.15) is 29.2 Å². The first-order chi connectivity index (χ1) is 12.8. The number of fused-ring (bicyclic) bond motifs is 1. The second-order valence-corrected chi connectivity index (χ2v) is 9.37. The van der Waals surface area contributed by atoms with Crippen LogP contribution in [0.4, 0.5) is 5.82 Å². The number of sulfone groups is 1. The lowest BCUT2D eigenvalue weighted by molar-refractivity contribution is -0.115. The molecule has 0 radical (unpaired) electrons. The van der Waals surface area contributed by atoms with Gasteiger partial charge in [-0.1, -0.05) is 0 Å². The van der Waals surface area contributed by atoms with Crippen LogP contribution < -0.4 is 5.32 Å². The van der Waals surface area contributed by atoms with Gasteiger partial charge in [0.1, 0.15) is 11.4 Å². The predicted molar refractivity (Wildman–Crippen MR) is 103 cm³/mol. The van der Waals surface area contributed by atoms with Gasteiger partial charge < -0.3 is 9.73 Å². The summed E-state index contributed by atoms with van der Waals surface area (Å²) in [6, 6.07) is 5.45. The number of anilines is 1. The van der Waals surface area contributed by atoms with Gasteiger partial charge in [0.15, 0.2) is 9.84 Å². The van der Waals surface area contributed by atoms with Gasteiger partial charge in [-0.2, -0.15) is 5.10 Å². The zero-order valence-corrected chi connectivity index (χ0v) is 16.0. The summed E-state index contributed by atoms with van der Waals surface area (Å²) in [5, 5.41) is 7.99. The van der Waals surface area contributed by atoms with E-state index >= 15 is 0 Å². The van der Waals surface area contributed by atoms with Crippen LogP contribution in [-0.4, -0.2) is 35.6 Å². The third kappa shape index (κ3) is 3.49. The lowest BCUT2D eigenvalue weighted by atomic mass is 10.0. The highest BCUT2D eigenvalue weighted by molar-refractivity contribution is 7.91. The fraction of sp³-hybridized carbons (Fsp3) is 0.368. The Balaban J connectivity index is 1.51. The molecule has 27 heavy (non-hydrogen) atoms. The minimum atomic E-state index is -3.03. The normalized spacial score (nSPS) is 18.8. The van der Waals surface area contributed by atoms with Crippen molar-refractivity contribution in [1.82, 2.24) is 9.78 Å². The Labute approximate surface area is 157 Å². The van der Waals surface area contributed by atoms with Gasteiger partial charge in [-0.15, -0.1) is 0 Å². The van der Waals surface area contributed by atoms with E-state index in [9.17, 15) is 13.2 Å². The molecule has 1 N–H and O–H groups in total. The monoisotopic (exact) mass is 387 g/mol. The molecule has 2 aromatic heterocycles. The number of nitrogens with zero attached hydrogens (tertiary/aromatic N) is 2. The average molecular weight is 387 g/mol. The molecule has 8 heteroatoms. The summed E-state index contributed by atoms with van der Waals surface area (Å²) in [6.07, 6.45) is 3.87. The van der Waals surface area contributed by atoms with Crippen LogP contribution in [0, 0.1) is 13.8 Å². The maximum atomic E-state index is 12.6. The summed E-state index contributed by atoms with van der Waals surface area (Å²) in [4.78, 5) is 12.6. The molecule has 4 rings (SSSR count). The summed E-state index contributed by atoms with van der Waals surface area (Å²) in [5.74, 6) is 0.535. The molecule has 1 atom stereocenters. The highest BCUT2D eigenvalue weighted by Crippen LogP contribution is 2.27. The van der Waals surface area contributed by atoms with Gasteiger partial charge in [0.2, 0.25) is 5.91 Å². The summed E-state index contributed by atoms with van der Waals surface area (Å²) >= 11 is 0. The number of carbonyl (C=O) groups is 1. The fourth-order valence-corrected chi connectivity index (χ4v) is 5.20. The van der Waals surface area contributed by atoms with Crippen molar-refractivity contribution in [3.8, 4) is 0 Å². The van der Waals surface area contributed by atoms with Crippen LogP contribution in [0.3, 0.4) is 0 Å². The maximum absolute atomic E-state index is 12.6. The Hall–Kier alpha value is -2.61. The molecule has 0 spiro atoms. The molecule has 7 nitrogen and oxygen atoms in total. The largest absolute Gasteiger partial charge is 0.464 e. The van der Waals surface area contributed by atoms with Crippen molar-refractivity contribution in [2.75, 3.05) is 16.8 Å².